The third kappa shape index (κ3) is 3.37. The van der Waals surface area contributed by atoms with Crippen molar-refractivity contribution in [2.24, 2.45) is 0 Å². The van der Waals surface area contributed by atoms with E-state index < -0.39 is 0 Å². The van der Waals surface area contributed by atoms with Gasteiger partial charge < -0.3 is 10.5 Å². The van der Waals surface area contributed by atoms with Crippen LogP contribution in [0, 0.1) is 0 Å². The second kappa shape index (κ2) is 6.86. The fraction of sp³-hybridized carbons (Fsp3) is 0.261. The predicted molar refractivity (Wildman–Crippen MR) is 115 cm³/mol. The zero-order valence-electron chi connectivity index (χ0n) is 16.0. The molecule has 0 fully saturated rings. The lowest BCUT2D eigenvalue weighted by molar-refractivity contribution is 0.159. The maximum absolute atomic E-state index is 6.43. The number of fused-ring (bicyclic) bond motifs is 1. The zero-order chi connectivity index (χ0) is 19.0. The van der Waals surface area contributed by atoms with E-state index in [4.69, 9.17) is 10.5 Å². The van der Waals surface area contributed by atoms with Crippen LogP contribution in [0.15, 0.2) is 48.5 Å². The Balaban J connectivity index is 1.93. The van der Waals surface area contributed by atoms with Crippen LogP contribution in [0.1, 0.15) is 38.3 Å². The van der Waals surface area contributed by atoms with Crippen LogP contribution in [0.4, 0.5) is 5.13 Å². The number of nitrogens with zero attached hydrogens (tertiary/aromatic N) is 1. The number of ether oxygens (including phenoxy) is 1. The molecule has 1 aliphatic rings. The highest BCUT2D eigenvalue weighted by Crippen LogP contribution is 2.46. The molecule has 2 aromatic carbocycles. The van der Waals surface area contributed by atoms with Crippen molar-refractivity contribution in [1.82, 2.24) is 4.98 Å². The molecule has 2 N–H and O–H groups in total. The summed E-state index contributed by atoms with van der Waals surface area (Å²) in [4.78, 5) is 5.76. The number of thiazole rings is 1. The highest BCUT2D eigenvalue weighted by Gasteiger charge is 2.28. The van der Waals surface area contributed by atoms with Gasteiger partial charge in [0.15, 0.2) is 5.13 Å². The molecule has 1 aliphatic heterocycles. The van der Waals surface area contributed by atoms with E-state index in [0.29, 0.717) is 5.13 Å². The van der Waals surface area contributed by atoms with Crippen LogP contribution in [0.5, 0.6) is 5.75 Å². The van der Waals surface area contributed by atoms with E-state index in [9.17, 15) is 0 Å². The number of aromatic nitrogens is 1. The normalized spacial score (nSPS) is 14.6. The Bertz CT molecular complexity index is 1000. The van der Waals surface area contributed by atoms with Gasteiger partial charge in [-0.3, -0.25) is 0 Å². The SMILES string of the molecule is CCCc1ccc(-c2nc(N)sc2-c2ccccc2)c2c1C=CC(C)(C)O2. The molecule has 0 bridgehead atoms. The summed E-state index contributed by atoms with van der Waals surface area (Å²) in [6.07, 6.45) is 6.46. The maximum Gasteiger partial charge on any atom is 0.181 e. The van der Waals surface area contributed by atoms with E-state index in [1.807, 2.05) is 18.2 Å². The summed E-state index contributed by atoms with van der Waals surface area (Å²) >= 11 is 1.52. The van der Waals surface area contributed by atoms with E-state index >= 15 is 0 Å². The van der Waals surface area contributed by atoms with Gasteiger partial charge in [0.2, 0.25) is 0 Å². The molecular weight excluding hydrogens is 352 g/mol. The average Bonchev–Trinajstić information content (AvgIpc) is 3.03. The molecule has 0 amide bonds. The van der Waals surface area contributed by atoms with Gasteiger partial charge in [0.25, 0.3) is 0 Å². The van der Waals surface area contributed by atoms with Crippen molar-refractivity contribution in [3.8, 4) is 27.4 Å². The molecule has 4 heteroatoms. The van der Waals surface area contributed by atoms with Gasteiger partial charge >= 0.3 is 0 Å². The number of anilines is 1. The number of benzene rings is 2. The van der Waals surface area contributed by atoms with Crippen molar-refractivity contribution in [3.63, 3.8) is 0 Å². The highest BCUT2D eigenvalue weighted by molar-refractivity contribution is 7.19. The number of nitrogen functional groups attached to an aromatic ring is 1. The molecule has 0 spiro atoms. The average molecular weight is 377 g/mol. The van der Waals surface area contributed by atoms with Crippen molar-refractivity contribution < 1.29 is 4.74 Å². The summed E-state index contributed by atoms with van der Waals surface area (Å²) in [5.41, 5.74) is 11.3. The van der Waals surface area contributed by atoms with Crippen LogP contribution >= 0.6 is 11.3 Å². The molecule has 138 valence electrons. The molecular formula is C23H24N2OS. The van der Waals surface area contributed by atoms with E-state index in [1.54, 1.807) is 0 Å². The first kappa shape index (κ1) is 17.8. The summed E-state index contributed by atoms with van der Waals surface area (Å²) < 4.78 is 6.43. The van der Waals surface area contributed by atoms with Gasteiger partial charge in [-0.05, 0) is 43.5 Å². The highest BCUT2D eigenvalue weighted by atomic mass is 32.1. The second-order valence-corrected chi connectivity index (χ2v) is 8.43. The minimum Gasteiger partial charge on any atom is -0.482 e. The molecule has 0 saturated heterocycles. The van der Waals surface area contributed by atoms with Gasteiger partial charge in [0, 0.05) is 11.1 Å². The van der Waals surface area contributed by atoms with Crippen molar-refractivity contribution in [1.29, 1.82) is 0 Å². The number of rotatable bonds is 4. The number of hydrogen-bond donors (Lipinski definition) is 1. The standard InChI is InChI=1S/C23H24N2OS/c1-4-8-15-11-12-18(20-17(15)13-14-23(2,3)26-20)19-21(27-22(24)25-19)16-9-6-5-7-10-16/h5-7,9-14H,4,8H2,1-3H3,(H2,24,25). The van der Waals surface area contributed by atoms with Crippen molar-refractivity contribution >= 4 is 22.5 Å². The Morgan fingerprint density at radius 2 is 1.89 bits per heavy atom. The number of aryl methyl sites for hydroxylation is 1. The van der Waals surface area contributed by atoms with Crippen LogP contribution < -0.4 is 10.5 Å². The first-order chi connectivity index (χ1) is 13.0. The molecule has 1 aromatic heterocycles. The zero-order valence-corrected chi connectivity index (χ0v) is 16.8. The van der Waals surface area contributed by atoms with Crippen LogP contribution in [0.2, 0.25) is 0 Å². The van der Waals surface area contributed by atoms with Crippen LogP contribution in [-0.2, 0) is 6.42 Å². The fourth-order valence-electron chi connectivity index (χ4n) is 3.49. The molecule has 0 atom stereocenters. The van der Waals surface area contributed by atoms with Gasteiger partial charge in [-0.2, -0.15) is 0 Å². The largest absolute Gasteiger partial charge is 0.482 e. The lowest BCUT2D eigenvalue weighted by atomic mass is 9.92. The Morgan fingerprint density at radius 1 is 1.11 bits per heavy atom. The Kier molecular flexibility index (Phi) is 4.52. The Morgan fingerprint density at radius 3 is 2.63 bits per heavy atom. The van der Waals surface area contributed by atoms with Gasteiger partial charge in [-0.1, -0.05) is 67.2 Å². The molecule has 0 radical (unpaired) electrons. The van der Waals surface area contributed by atoms with Gasteiger partial charge in [0.1, 0.15) is 11.4 Å². The molecule has 2 heterocycles. The van der Waals surface area contributed by atoms with Crippen LogP contribution in [-0.4, -0.2) is 10.6 Å². The van der Waals surface area contributed by atoms with Crippen molar-refractivity contribution in [2.45, 2.75) is 39.2 Å². The lowest BCUT2D eigenvalue weighted by Crippen LogP contribution is -2.28. The van der Waals surface area contributed by atoms with E-state index in [1.165, 1.54) is 22.5 Å². The Labute approximate surface area is 164 Å². The quantitative estimate of drug-likeness (QED) is 0.590. The molecule has 27 heavy (non-hydrogen) atoms. The first-order valence-electron chi connectivity index (χ1n) is 9.35. The van der Waals surface area contributed by atoms with Gasteiger partial charge in [-0.15, -0.1) is 0 Å². The summed E-state index contributed by atoms with van der Waals surface area (Å²) in [5, 5.41) is 0.570. The number of nitrogens with two attached hydrogens (primary N) is 1. The van der Waals surface area contributed by atoms with Crippen molar-refractivity contribution in [2.75, 3.05) is 5.73 Å². The summed E-state index contributed by atoms with van der Waals surface area (Å²) in [6.45, 7) is 6.36. The van der Waals surface area contributed by atoms with Crippen LogP contribution in [0.3, 0.4) is 0 Å². The smallest absolute Gasteiger partial charge is 0.181 e. The molecule has 0 saturated carbocycles. The fourth-order valence-corrected chi connectivity index (χ4v) is 4.34. The van der Waals surface area contributed by atoms with E-state index in [0.717, 1.165) is 40.3 Å². The van der Waals surface area contributed by atoms with Crippen molar-refractivity contribution in [3.05, 3.63) is 59.7 Å². The van der Waals surface area contributed by atoms with Gasteiger partial charge in [0.05, 0.1) is 10.6 Å². The molecule has 3 aromatic rings. The first-order valence-corrected chi connectivity index (χ1v) is 10.2. The Hall–Kier alpha value is -2.59. The van der Waals surface area contributed by atoms with Gasteiger partial charge in [-0.25, -0.2) is 4.98 Å². The molecule has 4 rings (SSSR count). The number of hydrogen-bond acceptors (Lipinski definition) is 4. The maximum atomic E-state index is 6.43. The topological polar surface area (TPSA) is 48.1 Å². The third-order valence-corrected chi connectivity index (χ3v) is 5.69. The lowest BCUT2D eigenvalue weighted by Gasteiger charge is -2.30. The molecule has 0 unspecified atom stereocenters. The van der Waals surface area contributed by atoms with E-state index in [-0.39, 0.29) is 5.60 Å². The minimum atomic E-state index is -0.346. The molecule has 3 nitrogen and oxygen atoms in total. The van der Waals surface area contributed by atoms with Crippen LogP contribution in [0.25, 0.3) is 27.8 Å². The summed E-state index contributed by atoms with van der Waals surface area (Å²) in [6, 6.07) is 14.6. The third-order valence-electron chi connectivity index (χ3n) is 4.76. The summed E-state index contributed by atoms with van der Waals surface area (Å²) in [5.74, 6) is 0.913. The minimum absolute atomic E-state index is 0.346. The van der Waals surface area contributed by atoms with E-state index in [2.05, 4.69) is 62.2 Å². The molecule has 0 aliphatic carbocycles. The predicted octanol–water partition coefficient (Wildman–Crippen LogP) is 6.20. The summed E-state index contributed by atoms with van der Waals surface area (Å²) in [7, 11) is 0. The second-order valence-electron chi connectivity index (χ2n) is 7.40. The monoisotopic (exact) mass is 376 g/mol.